The molecule has 1 unspecified atom stereocenters. The van der Waals surface area contributed by atoms with E-state index in [0.717, 1.165) is 12.5 Å². The molecule has 0 bridgehead atoms. The summed E-state index contributed by atoms with van der Waals surface area (Å²) >= 11 is 6.24. The van der Waals surface area contributed by atoms with Crippen molar-refractivity contribution in [1.29, 1.82) is 4.78 Å². The zero-order chi connectivity index (χ0) is 25.4. The quantitative estimate of drug-likeness (QED) is 0.426. The molecule has 0 saturated heterocycles. The van der Waals surface area contributed by atoms with E-state index in [1.54, 1.807) is 26.0 Å². The number of benzene rings is 2. The lowest BCUT2D eigenvalue weighted by Crippen LogP contribution is -2.21. The summed E-state index contributed by atoms with van der Waals surface area (Å²) in [5.74, 6) is -1.20. The lowest BCUT2D eigenvalue weighted by atomic mass is 10.1. The number of aromatic nitrogens is 2. The van der Waals surface area contributed by atoms with Gasteiger partial charge in [-0.05, 0) is 56.2 Å². The van der Waals surface area contributed by atoms with Gasteiger partial charge in [-0.15, -0.1) is 10.2 Å². The topological polar surface area (TPSA) is 105 Å². The van der Waals surface area contributed by atoms with E-state index in [1.807, 2.05) is 0 Å². The number of hydrogen-bond donors (Lipinski definition) is 2. The molecule has 0 aliphatic heterocycles. The molecule has 1 aromatic heterocycles. The number of carbonyl (C=O) groups is 1. The number of amides is 1. The van der Waals surface area contributed by atoms with Crippen LogP contribution in [0, 0.1) is 25.6 Å². The van der Waals surface area contributed by atoms with Crippen molar-refractivity contribution in [3.05, 3.63) is 69.4 Å². The van der Waals surface area contributed by atoms with Crippen molar-refractivity contribution in [2.45, 2.75) is 31.8 Å². The van der Waals surface area contributed by atoms with Crippen LogP contribution in [0.4, 0.5) is 18.9 Å². The van der Waals surface area contributed by atoms with Gasteiger partial charge in [-0.2, -0.15) is 13.2 Å². The van der Waals surface area contributed by atoms with Crippen LogP contribution in [0.15, 0.2) is 41.3 Å². The zero-order valence-corrected chi connectivity index (χ0v) is 20.1. The maximum absolute atomic E-state index is 13.5. The first-order valence-corrected chi connectivity index (χ1v) is 12.1. The zero-order valence-electron chi connectivity index (χ0n) is 18.5. The number of alkyl halides is 3. The van der Waals surface area contributed by atoms with Crippen molar-refractivity contribution in [1.82, 2.24) is 10.2 Å². The Morgan fingerprint density at radius 3 is 2.41 bits per heavy atom. The molecule has 1 amide bonds. The summed E-state index contributed by atoms with van der Waals surface area (Å²) < 4.78 is 65.9. The highest BCUT2D eigenvalue weighted by atomic mass is 35.5. The fourth-order valence-corrected chi connectivity index (χ4v) is 3.98. The number of nitrogens with one attached hydrogen (secondary N) is 2. The Balaban J connectivity index is 2.10. The molecule has 1 heterocycles. The molecule has 180 valence electrons. The number of halogens is 4. The van der Waals surface area contributed by atoms with Gasteiger partial charge in [0.15, 0.2) is 5.69 Å². The minimum absolute atomic E-state index is 0.134. The molecule has 7 nitrogen and oxygen atoms in total. The summed E-state index contributed by atoms with van der Waals surface area (Å²) in [6.45, 7) is 4.52. The fraction of sp³-hybridized carbons (Fsp3) is 0.227. The second kappa shape index (κ2) is 9.22. The standard InChI is InChI=1S/C22H20ClF3N4O3S/c1-11-8-9-16(12(2)18(11)23)33-21-17(13(3)19(29-30-21)22(24,25)26)20(31)28-14-6-5-7-15(10-14)34(4,27)32/h5-10,27H,1-4H3,(H,28,31). The van der Waals surface area contributed by atoms with Gasteiger partial charge in [0.2, 0.25) is 0 Å². The van der Waals surface area contributed by atoms with Crippen LogP contribution in [0.1, 0.15) is 32.7 Å². The molecular weight excluding hydrogens is 493 g/mol. The maximum Gasteiger partial charge on any atom is 0.435 e. The number of hydrogen-bond acceptors (Lipinski definition) is 6. The van der Waals surface area contributed by atoms with Gasteiger partial charge in [0.1, 0.15) is 11.3 Å². The summed E-state index contributed by atoms with van der Waals surface area (Å²) in [5, 5.41) is 9.64. The number of carbonyl (C=O) groups excluding carboxylic acids is 1. The van der Waals surface area contributed by atoms with Crippen LogP contribution in [0.5, 0.6) is 11.6 Å². The third kappa shape index (κ3) is 5.31. The van der Waals surface area contributed by atoms with Crippen molar-refractivity contribution in [2.75, 3.05) is 11.6 Å². The van der Waals surface area contributed by atoms with Crippen LogP contribution in [0.25, 0.3) is 0 Å². The second-order valence-electron chi connectivity index (χ2n) is 7.60. The smallest absolute Gasteiger partial charge is 0.435 e. The van der Waals surface area contributed by atoms with Crippen molar-refractivity contribution in [3.63, 3.8) is 0 Å². The number of ether oxygens (including phenoxy) is 1. The van der Waals surface area contributed by atoms with Gasteiger partial charge in [0.25, 0.3) is 11.8 Å². The van der Waals surface area contributed by atoms with Crippen LogP contribution in [-0.4, -0.2) is 26.6 Å². The molecule has 0 saturated carbocycles. The fourth-order valence-electron chi connectivity index (χ4n) is 3.13. The van der Waals surface area contributed by atoms with Gasteiger partial charge in [0, 0.05) is 22.4 Å². The van der Waals surface area contributed by atoms with Crippen LogP contribution >= 0.6 is 11.6 Å². The SMILES string of the molecule is Cc1ccc(Oc2nnc(C(F)(F)F)c(C)c2C(=O)Nc2cccc(S(C)(=N)=O)c2)c(C)c1Cl. The predicted octanol–water partition coefficient (Wildman–Crippen LogP) is 6.15. The van der Waals surface area contributed by atoms with Gasteiger partial charge in [0.05, 0.1) is 14.8 Å². The molecular formula is C22H20ClF3N4O3S. The Kier molecular flexibility index (Phi) is 6.90. The molecule has 0 aliphatic rings. The van der Waals surface area contributed by atoms with E-state index in [-0.39, 0.29) is 16.3 Å². The molecule has 3 aromatic rings. The van der Waals surface area contributed by atoms with Crippen LogP contribution < -0.4 is 10.1 Å². The first kappa shape index (κ1) is 25.4. The van der Waals surface area contributed by atoms with Crippen molar-refractivity contribution in [3.8, 4) is 11.6 Å². The molecule has 0 aliphatic carbocycles. The van der Waals surface area contributed by atoms with Crippen LogP contribution in [-0.2, 0) is 15.9 Å². The van der Waals surface area contributed by atoms with E-state index in [0.29, 0.717) is 10.6 Å². The maximum atomic E-state index is 13.5. The minimum Gasteiger partial charge on any atom is -0.437 e. The second-order valence-corrected chi connectivity index (χ2v) is 10.1. The Morgan fingerprint density at radius 1 is 1.12 bits per heavy atom. The van der Waals surface area contributed by atoms with E-state index in [9.17, 15) is 22.2 Å². The minimum atomic E-state index is -4.85. The lowest BCUT2D eigenvalue weighted by molar-refractivity contribution is -0.142. The molecule has 3 rings (SSSR count). The summed E-state index contributed by atoms with van der Waals surface area (Å²) in [6, 6.07) is 8.89. The van der Waals surface area contributed by atoms with Crippen LogP contribution in [0.3, 0.4) is 0 Å². The first-order valence-electron chi connectivity index (χ1n) is 9.73. The van der Waals surface area contributed by atoms with Gasteiger partial charge >= 0.3 is 6.18 Å². The van der Waals surface area contributed by atoms with Crippen molar-refractivity contribution < 1.29 is 26.9 Å². The molecule has 0 radical (unpaired) electrons. The third-order valence-electron chi connectivity index (χ3n) is 4.96. The van der Waals surface area contributed by atoms with E-state index in [2.05, 4.69) is 15.5 Å². The van der Waals surface area contributed by atoms with Gasteiger partial charge in [-0.3, -0.25) is 4.79 Å². The van der Waals surface area contributed by atoms with Gasteiger partial charge in [-0.1, -0.05) is 23.7 Å². The molecule has 1 atom stereocenters. The normalized spacial score (nSPS) is 13.3. The molecule has 0 fully saturated rings. The van der Waals surface area contributed by atoms with Crippen molar-refractivity contribution >= 4 is 32.9 Å². The van der Waals surface area contributed by atoms with Crippen LogP contribution in [0.2, 0.25) is 5.02 Å². The number of nitrogens with zero attached hydrogens (tertiary/aromatic N) is 2. The summed E-state index contributed by atoms with van der Waals surface area (Å²) in [4.78, 5) is 13.3. The van der Waals surface area contributed by atoms with Gasteiger partial charge < -0.3 is 10.1 Å². The average Bonchev–Trinajstić information content (AvgIpc) is 2.73. The monoisotopic (exact) mass is 512 g/mol. The Morgan fingerprint density at radius 2 is 1.79 bits per heavy atom. The third-order valence-corrected chi connectivity index (χ3v) is 6.69. The molecule has 34 heavy (non-hydrogen) atoms. The summed E-state index contributed by atoms with van der Waals surface area (Å²) in [6.07, 6.45) is -3.64. The van der Waals surface area contributed by atoms with E-state index >= 15 is 0 Å². The number of anilines is 1. The van der Waals surface area contributed by atoms with E-state index in [1.165, 1.54) is 30.5 Å². The van der Waals surface area contributed by atoms with Gasteiger partial charge in [-0.25, -0.2) is 8.99 Å². The highest BCUT2D eigenvalue weighted by Crippen LogP contribution is 2.37. The molecule has 2 N–H and O–H groups in total. The highest BCUT2D eigenvalue weighted by Gasteiger charge is 2.38. The van der Waals surface area contributed by atoms with E-state index in [4.69, 9.17) is 21.1 Å². The number of aryl methyl sites for hydroxylation is 1. The molecule has 2 aromatic carbocycles. The first-order chi connectivity index (χ1) is 15.7. The Hall–Kier alpha value is -3.18. The number of rotatable bonds is 5. The average molecular weight is 513 g/mol. The Labute approximate surface area is 199 Å². The summed E-state index contributed by atoms with van der Waals surface area (Å²) in [5.41, 5.74) is -0.891. The lowest BCUT2D eigenvalue weighted by Gasteiger charge is -2.17. The Bertz CT molecular complexity index is 1390. The largest absolute Gasteiger partial charge is 0.437 e. The molecule has 12 heteroatoms. The van der Waals surface area contributed by atoms with Crippen molar-refractivity contribution in [2.24, 2.45) is 0 Å². The highest BCUT2D eigenvalue weighted by molar-refractivity contribution is 7.91. The predicted molar refractivity (Wildman–Crippen MR) is 122 cm³/mol. The summed E-state index contributed by atoms with van der Waals surface area (Å²) in [7, 11) is -3.08. The molecule has 0 spiro atoms. The van der Waals surface area contributed by atoms with E-state index < -0.39 is 44.5 Å².